The molecular formula is C23H25N3O3. The molecule has 1 N–H and O–H groups in total. The van der Waals surface area contributed by atoms with E-state index in [1.54, 1.807) is 6.07 Å². The molecule has 0 bridgehead atoms. The minimum absolute atomic E-state index is 0.0374. The van der Waals surface area contributed by atoms with Crippen LogP contribution < -0.4 is 15.6 Å². The molecule has 6 nitrogen and oxygen atoms in total. The van der Waals surface area contributed by atoms with Gasteiger partial charge in [0.2, 0.25) is 5.91 Å². The van der Waals surface area contributed by atoms with E-state index in [0.717, 1.165) is 16.9 Å². The van der Waals surface area contributed by atoms with E-state index in [1.807, 2.05) is 61.5 Å². The molecule has 29 heavy (non-hydrogen) atoms. The van der Waals surface area contributed by atoms with Crippen LogP contribution in [-0.4, -0.2) is 22.3 Å². The summed E-state index contributed by atoms with van der Waals surface area (Å²) in [5.74, 6) is 0.760. The molecule has 0 aliphatic carbocycles. The number of benzene rings is 2. The van der Waals surface area contributed by atoms with Crippen LogP contribution in [0.1, 0.15) is 25.3 Å². The molecule has 0 fully saturated rings. The van der Waals surface area contributed by atoms with Gasteiger partial charge in [-0.15, -0.1) is 0 Å². The molecule has 0 radical (unpaired) electrons. The second kappa shape index (κ2) is 10.2. The molecule has 0 saturated carbocycles. The number of nitrogens with one attached hydrogen (secondary N) is 1. The summed E-state index contributed by atoms with van der Waals surface area (Å²) in [6, 6.07) is 20.6. The van der Waals surface area contributed by atoms with Gasteiger partial charge in [0.1, 0.15) is 5.75 Å². The number of hydrogen-bond acceptors (Lipinski definition) is 4. The highest BCUT2D eigenvalue weighted by molar-refractivity contribution is 5.75. The van der Waals surface area contributed by atoms with Crippen molar-refractivity contribution in [3.63, 3.8) is 0 Å². The average molecular weight is 391 g/mol. The molecule has 0 unspecified atom stereocenters. The van der Waals surface area contributed by atoms with Crippen molar-refractivity contribution in [2.45, 2.75) is 32.9 Å². The Bertz CT molecular complexity index is 982. The first kappa shape index (κ1) is 20.3. The zero-order valence-corrected chi connectivity index (χ0v) is 16.5. The highest BCUT2D eigenvalue weighted by Gasteiger charge is 2.06. The fourth-order valence-electron chi connectivity index (χ4n) is 2.93. The third kappa shape index (κ3) is 6.04. The fraction of sp³-hybridized carbons (Fsp3) is 0.261. The fourth-order valence-corrected chi connectivity index (χ4v) is 2.93. The summed E-state index contributed by atoms with van der Waals surface area (Å²) in [6.45, 7) is 3.45. The zero-order chi connectivity index (χ0) is 20.5. The summed E-state index contributed by atoms with van der Waals surface area (Å²) in [4.78, 5) is 24.1. The van der Waals surface area contributed by atoms with Crippen LogP contribution in [0.2, 0.25) is 0 Å². The van der Waals surface area contributed by atoms with Crippen molar-refractivity contribution >= 4 is 5.91 Å². The molecule has 1 amide bonds. The van der Waals surface area contributed by atoms with Crippen LogP contribution in [0, 0.1) is 0 Å². The summed E-state index contributed by atoms with van der Waals surface area (Å²) in [5, 5.41) is 7.33. The Hall–Kier alpha value is -3.41. The van der Waals surface area contributed by atoms with E-state index >= 15 is 0 Å². The predicted octanol–water partition coefficient (Wildman–Crippen LogP) is 3.41. The Balaban J connectivity index is 1.54. The van der Waals surface area contributed by atoms with Gasteiger partial charge >= 0.3 is 0 Å². The summed E-state index contributed by atoms with van der Waals surface area (Å²) >= 11 is 0. The van der Waals surface area contributed by atoms with Crippen LogP contribution in [0.3, 0.4) is 0 Å². The number of aryl methyl sites for hydroxylation is 1. The monoisotopic (exact) mass is 391 g/mol. The maximum Gasteiger partial charge on any atom is 0.266 e. The van der Waals surface area contributed by atoms with E-state index in [1.165, 1.54) is 10.7 Å². The van der Waals surface area contributed by atoms with E-state index in [4.69, 9.17) is 4.74 Å². The van der Waals surface area contributed by atoms with Crippen LogP contribution in [0.4, 0.5) is 0 Å². The Morgan fingerprint density at radius 1 is 1.03 bits per heavy atom. The molecule has 0 spiro atoms. The number of hydrogen-bond donors (Lipinski definition) is 1. The summed E-state index contributed by atoms with van der Waals surface area (Å²) in [5.41, 5.74) is 2.50. The molecule has 2 aromatic carbocycles. The lowest BCUT2D eigenvalue weighted by molar-refractivity contribution is -0.121. The number of carbonyl (C=O) groups is 1. The van der Waals surface area contributed by atoms with Crippen molar-refractivity contribution in [1.82, 2.24) is 15.1 Å². The van der Waals surface area contributed by atoms with Gasteiger partial charge in [-0.25, -0.2) is 4.68 Å². The van der Waals surface area contributed by atoms with Crippen molar-refractivity contribution < 1.29 is 9.53 Å². The number of aromatic nitrogens is 2. The second-order valence-corrected chi connectivity index (χ2v) is 6.60. The SMILES string of the molecule is CCOc1ccc(-c2ccc(=O)n(CCCC(=O)NCc3ccccc3)n2)cc1. The highest BCUT2D eigenvalue weighted by Crippen LogP contribution is 2.19. The average Bonchev–Trinajstić information content (AvgIpc) is 2.75. The normalized spacial score (nSPS) is 10.5. The third-order valence-corrected chi connectivity index (χ3v) is 4.43. The largest absolute Gasteiger partial charge is 0.494 e. The predicted molar refractivity (Wildman–Crippen MR) is 113 cm³/mol. The van der Waals surface area contributed by atoms with E-state index < -0.39 is 0 Å². The summed E-state index contributed by atoms with van der Waals surface area (Å²) in [6.07, 6.45) is 0.883. The van der Waals surface area contributed by atoms with Gasteiger partial charge < -0.3 is 10.1 Å². The number of amides is 1. The standard InChI is InChI=1S/C23H25N3O3/c1-2-29-20-12-10-19(11-13-20)21-14-15-23(28)26(25-21)16-6-9-22(27)24-17-18-7-4-3-5-8-18/h3-5,7-8,10-15H,2,6,9,16-17H2,1H3,(H,24,27). The molecule has 0 aliphatic heterocycles. The summed E-state index contributed by atoms with van der Waals surface area (Å²) in [7, 11) is 0. The Labute approximate surface area is 170 Å². The minimum atomic E-state index is -0.176. The van der Waals surface area contributed by atoms with Crippen molar-refractivity contribution in [2.75, 3.05) is 6.61 Å². The molecule has 3 aromatic rings. The highest BCUT2D eigenvalue weighted by atomic mass is 16.5. The lowest BCUT2D eigenvalue weighted by atomic mass is 10.1. The maximum atomic E-state index is 12.1. The van der Waals surface area contributed by atoms with Crippen LogP contribution in [0.15, 0.2) is 71.5 Å². The quantitative estimate of drug-likeness (QED) is 0.607. The molecule has 0 aliphatic rings. The minimum Gasteiger partial charge on any atom is -0.494 e. The molecule has 6 heteroatoms. The lowest BCUT2D eigenvalue weighted by Crippen LogP contribution is -2.25. The zero-order valence-electron chi connectivity index (χ0n) is 16.5. The maximum absolute atomic E-state index is 12.1. The smallest absolute Gasteiger partial charge is 0.266 e. The first-order chi connectivity index (χ1) is 14.2. The second-order valence-electron chi connectivity index (χ2n) is 6.60. The molecule has 0 saturated heterocycles. The van der Waals surface area contributed by atoms with Crippen molar-refractivity contribution in [3.8, 4) is 17.0 Å². The van der Waals surface area contributed by atoms with E-state index in [-0.39, 0.29) is 11.5 Å². The van der Waals surface area contributed by atoms with Gasteiger partial charge in [0, 0.05) is 31.1 Å². The van der Waals surface area contributed by atoms with E-state index in [2.05, 4.69) is 10.4 Å². The Morgan fingerprint density at radius 3 is 2.52 bits per heavy atom. The van der Waals surface area contributed by atoms with Gasteiger partial charge in [-0.1, -0.05) is 30.3 Å². The van der Waals surface area contributed by atoms with E-state index in [9.17, 15) is 9.59 Å². The molecule has 1 heterocycles. The van der Waals surface area contributed by atoms with Crippen LogP contribution in [0.5, 0.6) is 5.75 Å². The van der Waals surface area contributed by atoms with Gasteiger partial charge in [-0.3, -0.25) is 9.59 Å². The first-order valence-electron chi connectivity index (χ1n) is 9.77. The van der Waals surface area contributed by atoms with Gasteiger partial charge in [0.15, 0.2) is 0 Å². The summed E-state index contributed by atoms with van der Waals surface area (Å²) < 4.78 is 6.86. The number of carbonyl (C=O) groups excluding carboxylic acids is 1. The molecule has 150 valence electrons. The molecular weight excluding hydrogens is 366 g/mol. The van der Waals surface area contributed by atoms with Gasteiger partial charge in [0.25, 0.3) is 5.56 Å². The first-order valence-corrected chi connectivity index (χ1v) is 9.77. The topological polar surface area (TPSA) is 73.2 Å². The number of rotatable bonds is 9. The molecule has 3 rings (SSSR count). The van der Waals surface area contributed by atoms with Crippen molar-refractivity contribution in [1.29, 1.82) is 0 Å². The molecule has 0 atom stereocenters. The number of nitrogens with zero attached hydrogens (tertiary/aromatic N) is 2. The Kier molecular flexibility index (Phi) is 7.16. The third-order valence-electron chi connectivity index (χ3n) is 4.43. The number of ether oxygens (including phenoxy) is 1. The van der Waals surface area contributed by atoms with E-state index in [0.29, 0.717) is 38.2 Å². The Morgan fingerprint density at radius 2 is 1.79 bits per heavy atom. The lowest BCUT2D eigenvalue weighted by Gasteiger charge is -2.09. The van der Waals surface area contributed by atoms with Gasteiger partial charge in [-0.05, 0) is 49.2 Å². The molecule has 1 aromatic heterocycles. The van der Waals surface area contributed by atoms with Crippen LogP contribution in [0.25, 0.3) is 11.3 Å². The van der Waals surface area contributed by atoms with Crippen LogP contribution in [-0.2, 0) is 17.9 Å². The van der Waals surface area contributed by atoms with Crippen molar-refractivity contribution in [2.24, 2.45) is 0 Å². The van der Waals surface area contributed by atoms with Crippen LogP contribution >= 0.6 is 0 Å². The van der Waals surface area contributed by atoms with Gasteiger partial charge in [-0.2, -0.15) is 5.10 Å². The van der Waals surface area contributed by atoms with Crippen molar-refractivity contribution in [3.05, 3.63) is 82.6 Å². The van der Waals surface area contributed by atoms with Gasteiger partial charge in [0.05, 0.1) is 12.3 Å².